The number of aliphatic carboxylic acids is 1. The van der Waals surface area contributed by atoms with Crippen LogP contribution in [-0.2, 0) is 4.79 Å². The van der Waals surface area contributed by atoms with Gasteiger partial charge in [-0.2, -0.15) is 0 Å². The molecule has 0 fully saturated rings. The topological polar surface area (TPSA) is 69.2 Å². The summed E-state index contributed by atoms with van der Waals surface area (Å²) in [4.78, 5) is 23.0. The Labute approximate surface area is 131 Å². The summed E-state index contributed by atoms with van der Waals surface area (Å²) in [5.74, 6) is -2.42. The maximum atomic E-state index is 13.1. The Morgan fingerprint density at radius 2 is 1.86 bits per heavy atom. The molecule has 0 spiro atoms. The Bertz CT molecular complexity index is 688. The predicted molar refractivity (Wildman–Crippen MR) is 77.7 cm³/mol. The predicted octanol–water partition coefficient (Wildman–Crippen LogP) is 2.09. The zero-order valence-corrected chi connectivity index (χ0v) is 12.1. The van der Waals surface area contributed by atoms with E-state index in [0.29, 0.717) is 10.6 Å². The summed E-state index contributed by atoms with van der Waals surface area (Å²) >= 11 is 5.78. The number of carbonyl (C=O) groups is 2. The summed E-state index contributed by atoms with van der Waals surface area (Å²) < 4.78 is 13.1. The van der Waals surface area contributed by atoms with Gasteiger partial charge in [0.2, 0.25) is 0 Å². The molecule has 0 unspecified atom stereocenters. The number of hydrogen-bond donors (Lipinski definition) is 1. The van der Waals surface area contributed by atoms with Crippen LogP contribution in [0.1, 0.15) is 28.4 Å². The van der Waals surface area contributed by atoms with Gasteiger partial charge >= 0.3 is 0 Å². The van der Waals surface area contributed by atoms with Crippen LogP contribution < -0.4 is 10.4 Å². The number of carboxylic acid groups (broad SMARTS) is 1. The molecule has 0 aliphatic rings. The van der Waals surface area contributed by atoms with E-state index in [-0.39, 0.29) is 5.56 Å². The van der Waals surface area contributed by atoms with Gasteiger partial charge in [-0.3, -0.25) is 4.79 Å². The number of benzene rings is 2. The Morgan fingerprint density at radius 3 is 2.45 bits per heavy atom. The molecule has 2 rings (SSSR count). The normalized spacial score (nSPS) is 11.7. The van der Waals surface area contributed by atoms with Gasteiger partial charge in [-0.05, 0) is 35.9 Å². The first-order valence-electron chi connectivity index (χ1n) is 6.47. The van der Waals surface area contributed by atoms with Crippen molar-refractivity contribution in [3.05, 3.63) is 70.5 Å². The van der Waals surface area contributed by atoms with Crippen LogP contribution in [0.2, 0.25) is 5.02 Å². The van der Waals surface area contributed by atoms with Crippen molar-refractivity contribution < 1.29 is 19.1 Å². The first-order valence-corrected chi connectivity index (χ1v) is 6.85. The van der Waals surface area contributed by atoms with Crippen molar-refractivity contribution in [2.24, 2.45) is 0 Å². The first-order chi connectivity index (χ1) is 10.5. The maximum absolute atomic E-state index is 13.1. The number of amides is 1. The minimum atomic E-state index is -1.31. The number of rotatable bonds is 5. The van der Waals surface area contributed by atoms with E-state index in [2.05, 4.69) is 5.32 Å². The van der Waals surface area contributed by atoms with Crippen molar-refractivity contribution in [1.29, 1.82) is 0 Å². The number of nitrogens with one attached hydrogen (secondary N) is 1. The molecule has 2 aromatic carbocycles. The molecule has 1 amide bonds. The van der Waals surface area contributed by atoms with Gasteiger partial charge < -0.3 is 15.2 Å². The van der Waals surface area contributed by atoms with Gasteiger partial charge in [0.1, 0.15) is 5.82 Å². The van der Waals surface area contributed by atoms with E-state index in [9.17, 15) is 19.1 Å². The van der Waals surface area contributed by atoms with Crippen molar-refractivity contribution in [2.75, 3.05) is 0 Å². The van der Waals surface area contributed by atoms with E-state index in [1.54, 1.807) is 24.3 Å². The molecule has 0 saturated carbocycles. The zero-order chi connectivity index (χ0) is 16.1. The summed E-state index contributed by atoms with van der Waals surface area (Å²) in [5.41, 5.74) is 0.677. The fraction of sp³-hybridized carbons (Fsp3) is 0.125. The van der Waals surface area contributed by atoms with Crippen LogP contribution in [-0.4, -0.2) is 11.9 Å². The second kappa shape index (κ2) is 7.04. The Morgan fingerprint density at radius 1 is 1.18 bits per heavy atom. The second-order valence-electron chi connectivity index (χ2n) is 4.66. The largest absolute Gasteiger partial charge is 0.550 e. The molecule has 1 atom stereocenters. The van der Waals surface area contributed by atoms with Gasteiger partial charge in [0.15, 0.2) is 0 Å². The van der Waals surface area contributed by atoms with E-state index in [4.69, 9.17) is 11.6 Å². The highest BCUT2D eigenvalue weighted by atomic mass is 35.5. The summed E-state index contributed by atoms with van der Waals surface area (Å²) in [7, 11) is 0. The van der Waals surface area contributed by atoms with Crippen LogP contribution in [0.4, 0.5) is 4.39 Å². The van der Waals surface area contributed by atoms with Crippen molar-refractivity contribution in [2.45, 2.75) is 12.5 Å². The molecule has 0 saturated heterocycles. The monoisotopic (exact) mass is 320 g/mol. The number of halogens is 2. The van der Waals surface area contributed by atoms with E-state index in [1.807, 2.05) is 0 Å². The van der Waals surface area contributed by atoms with Crippen molar-refractivity contribution in [1.82, 2.24) is 5.32 Å². The fourth-order valence-corrected chi connectivity index (χ4v) is 2.11. The minimum absolute atomic E-state index is 0.109. The number of hydrogen-bond acceptors (Lipinski definition) is 3. The molecule has 6 heteroatoms. The SMILES string of the molecule is O=C([O-])C[C@H](NC(=O)c1cccc(F)c1)c1ccc(Cl)cc1. The summed E-state index contributed by atoms with van der Waals surface area (Å²) in [5, 5.41) is 13.9. The molecule has 0 radical (unpaired) electrons. The molecule has 0 aromatic heterocycles. The lowest BCUT2D eigenvalue weighted by atomic mass is 10.0. The molecule has 0 bridgehead atoms. The van der Waals surface area contributed by atoms with Crippen molar-refractivity contribution in [3.8, 4) is 0 Å². The van der Waals surface area contributed by atoms with Gasteiger partial charge in [-0.15, -0.1) is 0 Å². The van der Waals surface area contributed by atoms with Crippen molar-refractivity contribution in [3.63, 3.8) is 0 Å². The highest BCUT2D eigenvalue weighted by molar-refractivity contribution is 6.30. The molecule has 4 nitrogen and oxygen atoms in total. The fourth-order valence-electron chi connectivity index (χ4n) is 1.99. The molecule has 1 N–H and O–H groups in total. The van der Waals surface area contributed by atoms with E-state index >= 15 is 0 Å². The minimum Gasteiger partial charge on any atom is -0.550 e. The smallest absolute Gasteiger partial charge is 0.251 e. The van der Waals surface area contributed by atoms with Crippen LogP contribution in [0.15, 0.2) is 48.5 Å². The van der Waals surface area contributed by atoms with Gasteiger partial charge in [0.25, 0.3) is 5.91 Å². The van der Waals surface area contributed by atoms with Gasteiger partial charge in [0.05, 0.1) is 6.04 Å². The van der Waals surface area contributed by atoms with Crippen molar-refractivity contribution >= 4 is 23.5 Å². The molecular weight excluding hydrogens is 309 g/mol. The van der Waals surface area contributed by atoms with Gasteiger partial charge in [0, 0.05) is 23.0 Å². The second-order valence-corrected chi connectivity index (χ2v) is 5.10. The molecule has 0 aliphatic heterocycles. The zero-order valence-electron chi connectivity index (χ0n) is 11.4. The summed E-state index contributed by atoms with van der Waals surface area (Å²) in [6.07, 6.45) is -0.400. The highest BCUT2D eigenvalue weighted by Gasteiger charge is 2.16. The molecule has 22 heavy (non-hydrogen) atoms. The quantitative estimate of drug-likeness (QED) is 0.917. The average Bonchev–Trinajstić information content (AvgIpc) is 2.47. The Balaban J connectivity index is 2.21. The lowest BCUT2D eigenvalue weighted by Gasteiger charge is -2.20. The third kappa shape index (κ3) is 4.30. The van der Waals surface area contributed by atoms with E-state index < -0.39 is 30.2 Å². The molecule has 2 aromatic rings. The van der Waals surface area contributed by atoms with Crippen LogP contribution in [0.25, 0.3) is 0 Å². The van der Waals surface area contributed by atoms with E-state index in [1.165, 1.54) is 18.2 Å². The van der Waals surface area contributed by atoms with Crippen LogP contribution in [0, 0.1) is 5.82 Å². The van der Waals surface area contributed by atoms with Crippen LogP contribution in [0.3, 0.4) is 0 Å². The number of carboxylic acids is 1. The lowest BCUT2D eigenvalue weighted by molar-refractivity contribution is -0.306. The third-order valence-electron chi connectivity index (χ3n) is 3.04. The van der Waals surface area contributed by atoms with Gasteiger partial charge in [-0.25, -0.2) is 4.39 Å². The van der Waals surface area contributed by atoms with E-state index in [0.717, 1.165) is 6.07 Å². The summed E-state index contributed by atoms with van der Waals surface area (Å²) in [6, 6.07) is 10.8. The standard InChI is InChI=1S/C16H13ClFNO3/c17-12-6-4-10(5-7-12)14(9-15(20)21)19-16(22)11-2-1-3-13(18)8-11/h1-8,14H,9H2,(H,19,22)(H,20,21)/p-1/t14-/m0/s1. The molecule has 0 aliphatic carbocycles. The molecular formula is C16H12ClFNO3-. The van der Waals surface area contributed by atoms with Crippen LogP contribution in [0.5, 0.6) is 0 Å². The van der Waals surface area contributed by atoms with Gasteiger partial charge in [-0.1, -0.05) is 29.8 Å². The Kier molecular flexibility index (Phi) is 5.12. The number of carbonyl (C=O) groups excluding carboxylic acids is 2. The Hall–Kier alpha value is -2.40. The first kappa shape index (κ1) is 16.0. The third-order valence-corrected chi connectivity index (χ3v) is 3.29. The molecule has 114 valence electrons. The lowest BCUT2D eigenvalue weighted by Crippen LogP contribution is -2.34. The van der Waals surface area contributed by atoms with Crippen LogP contribution >= 0.6 is 11.6 Å². The average molecular weight is 321 g/mol. The maximum Gasteiger partial charge on any atom is 0.251 e. The highest BCUT2D eigenvalue weighted by Crippen LogP contribution is 2.20. The summed E-state index contributed by atoms with van der Waals surface area (Å²) in [6.45, 7) is 0. The molecule has 0 heterocycles.